The summed E-state index contributed by atoms with van der Waals surface area (Å²) >= 11 is 1.35. The number of amides is 1. The first-order chi connectivity index (χ1) is 18.1. The van der Waals surface area contributed by atoms with Gasteiger partial charge >= 0.3 is 18.0 Å². The third-order valence-electron chi connectivity index (χ3n) is 5.14. The Morgan fingerprint density at radius 2 is 1.81 bits per heavy atom. The molecule has 3 heterocycles. The van der Waals surface area contributed by atoms with Crippen LogP contribution < -0.4 is 14.2 Å². The lowest BCUT2D eigenvalue weighted by molar-refractivity contribution is -0.137. The molecule has 12 heteroatoms. The number of benzene rings is 1. The number of carbonyl (C=O) groups excluding carboxylic acids is 1. The Morgan fingerprint density at radius 3 is 2.51 bits per heavy atom. The highest BCUT2D eigenvalue weighted by Gasteiger charge is 2.25. The van der Waals surface area contributed by atoms with E-state index in [1.165, 1.54) is 23.9 Å². The summed E-state index contributed by atoms with van der Waals surface area (Å²) in [6.07, 6.45) is 4.39. The molecule has 1 atom stereocenters. The average molecular weight is 528 g/mol. The predicted molar refractivity (Wildman–Crippen MR) is 135 cm³/mol. The zero-order valence-electron chi connectivity index (χ0n) is 20.0. The Labute approximate surface area is 217 Å². The van der Waals surface area contributed by atoms with Crippen molar-refractivity contribution >= 4 is 28.6 Å². The number of hydrogen-bond acceptors (Lipinski definition) is 10. The summed E-state index contributed by atoms with van der Waals surface area (Å²) in [5, 5.41) is 0.679. The standard InChI is InChI=1S/C25H26FN5O5S/c1-3-10-34-23-28-24(35-11-4-2)30-25(29-23)36-15-18-14-31(9-12-33-18)22(32)16-37-21-7-8-27-20-6-5-17(26)13-19(20)21/h3-8,13,18H,1-2,9-12,14-16H2. The minimum Gasteiger partial charge on any atom is -0.460 e. The zero-order chi connectivity index (χ0) is 26.0. The third-order valence-corrected chi connectivity index (χ3v) is 6.20. The molecule has 2 aromatic heterocycles. The van der Waals surface area contributed by atoms with Crippen molar-refractivity contribution in [1.29, 1.82) is 0 Å². The number of carbonyl (C=O) groups is 1. The molecule has 37 heavy (non-hydrogen) atoms. The van der Waals surface area contributed by atoms with Gasteiger partial charge in [0.2, 0.25) is 5.91 Å². The molecular formula is C25H26FN5O5S. The monoisotopic (exact) mass is 527 g/mol. The molecule has 1 aliphatic heterocycles. The van der Waals surface area contributed by atoms with Crippen LogP contribution >= 0.6 is 11.8 Å². The molecule has 0 bridgehead atoms. The van der Waals surface area contributed by atoms with Gasteiger partial charge in [-0.15, -0.1) is 26.7 Å². The van der Waals surface area contributed by atoms with Crippen LogP contribution in [0.2, 0.25) is 0 Å². The topological polar surface area (TPSA) is 109 Å². The lowest BCUT2D eigenvalue weighted by Crippen LogP contribution is -2.48. The van der Waals surface area contributed by atoms with Crippen molar-refractivity contribution in [2.75, 3.05) is 45.3 Å². The molecular weight excluding hydrogens is 501 g/mol. The van der Waals surface area contributed by atoms with Gasteiger partial charge in [-0.3, -0.25) is 9.78 Å². The molecule has 0 spiro atoms. The molecule has 1 aromatic carbocycles. The van der Waals surface area contributed by atoms with Crippen LogP contribution in [0.1, 0.15) is 0 Å². The fourth-order valence-corrected chi connectivity index (χ4v) is 4.38. The second kappa shape index (κ2) is 13.0. The number of pyridine rings is 1. The van der Waals surface area contributed by atoms with Crippen LogP contribution in [0.4, 0.5) is 4.39 Å². The van der Waals surface area contributed by atoms with E-state index in [4.69, 9.17) is 18.9 Å². The number of morpholine rings is 1. The van der Waals surface area contributed by atoms with Gasteiger partial charge in [0.25, 0.3) is 0 Å². The number of hydrogen-bond donors (Lipinski definition) is 0. The van der Waals surface area contributed by atoms with Crippen LogP contribution in [0.5, 0.6) is 18.0 Å². The Kier molecular flexibility index (Phi) is 9.22. The highest BCUT2D eigenvalue weighted by Crippen LogP contribution is 2.27. The number of nitrogens with zero attached hydrogens (tertiary/aromatic N) is 5. The van der Waals surface area contributed by atoms with Gasteiger partial charge in [0.05, 0.1) is 24.4 Å². The highest BCUT2D eigenvalue weighted by molar-refractivity contribution is 8.00. The third kappa shape index (κ3) is 7.37. The summed E-state index contributed by atoms with van der Waals surface area (Å²) in [6.45, 7) is 8.88. The van der Waals surface area contributed by atoms with Crippen LogP contribution in [0.15, 0.2) is 60.7 Å². The summed E-state index contributed by atoms with van der Waals surface area (Å²) < 4.78 is 36.0. The van der Waals surface area contributed by atoms with Crippen LogP contribution in [-0.4, -0.2) is 82.1 Å². The van der Waals surface area contributed by atoms with Crippen LogP contribution in [-0.2, 0) is 9.53 Å². The van der Waals surface area contributed by atoms with Gasteiger partial charge in [0, 0.05) is 23.0 Å². The maximum absolute atomic E-state index is 13.7. The van der Waals surface area contributed by atoms with Crippen molar-refractivity contribution < 1.29 is 28.1 Å². The number of ether oxygens (including phenoxy) is 4. The Morgan fingerprint density at radius 1 is 1.11 bits per heavy atom. The summed E-state index contributed by atoms with van der Waals surface area (Å²) in [5.74, 6) is -0.202. The van der Waals surface area contributed by atoms with E-state index in [-0.39, 0.29) is 61.4 Å². The van der Waals surface area contributed by atoms with Crippen LogP contribution in [0.25, 0.3) is 10.9 Å². The van der Waals surface area contributed by atoms with Gasteiger partial charge in [-0.2, -0.15) is 0 Å². The van der Waals surface area contributed by atoms with Gasteiger partial charge in [-0.1, -0.05) is 25.3 Å². The molecule has 1 fully saturated rings. The second-order valence-corrected chi connectivity index (χ2v) is 8.80. The van der Waals surface area contributed by atoms with E-state index in [2.05, 4.69) is 33.1 Å². The maximum atomic E-state index is 13.7. The summed E-state index contributed by atoms with van der Waals surface area (Å²) in [6, 6.07) is 6.28. The molecule has 4 rings (SSSR count). The Hall–Kier alpha value is -3.77. The number of fused-ring (bicyclic) bond motifs is 1. The van der Waals surface area contributed by atoms with E-state index in [1.807, 2.05) is 0 Å². The highest BCUT2D eigenvalue weighted by atomic mass is 32.2. The van der Waals surface area contributed by atoms with E-state index in [0.717, 1.165) is 4.90 Å². The molecule has 3 aromatic rings. The lowest BCUT2D eigenvalue weighted by Gasteiger charge is -2.32. The van der Waals surface area contributed by atoms with Crippen molar-refractivity contribution in [3.8, 4) is 18.0 Å². The number of aromatic nitrogens is 4. The first-order valence-electron chi connectivity index (χ1n) is 11.5. The largest absolute Gasteiger partial charge is 0.460 e. The fourth-order valence-electron chi connectivity index (χ4n) is 3.45. The van der Waals surface area contributed by atoms with E-state index in [9.17, 15) is 9.18 Å². The molecule has 0 radical (unpaired) electrons. The van der Waals surface area contributed by atoms with Crippen LogP contribution in [0.3, 0.4) is 0 Å². The zero-order valence-corrected chi connectivity index (χ0v) is 20.9. The first-order valence-corrected chi connectivity index (χ1v) is 12.5. The van der Waals surface area contributed by atoms with Gasteiger partial charge in [-0.05, 0) is 24.3 Å². The summed E-state index contributed by atoms with van der Waals surface area (Å²) in [5.41, 5.74) is 0.678. The van der Waals surface area contributed by atoms with Crippen molar-refractivity contribution in [2.24, 2.45) is 0 Å². The molecule has 1 aliphatic rings. The molecule has 0 saturated carbocycles. The molecule has 0 N–H and O–H groups in total. The minimum atomic E-state index is -0.384. The Bertz CT molecular complexity index is 1230. The van der Waals surface area contributed by atoms with Gasteiger partial charge in [-0.25, -0.2) is 4.39 Å². The molecule has 194 valence electrons. The normalized spacial score (nSPS) is 15.3. The van der Waals surface area contributed by atoms with Gasteiger partial charge in [0.15, 0.2) is 0 Å². The lowest BCUT2D eigenvalue weighted by atomic mass is 10.2. The van der Waals surface area contributed by atoms with Gasteiger partial charge < -0.3 is 23.8 Å². The average Bonchev–Trinajstić information content (AvgIpc) is 2.92. The Balaban J connectivity index is 1.33. The minimum absolute atomic E-state index is 0.00697. The summed E-state index contributed by atoms with van der Waals surface area (Å²) in [7, 11) is 0. The molecule has 0 aliphatic carbocycles. The van der Waals surface area contributed by atoms with E-state index in [0.29, 0.717) is 30.6 Å². The predicted octanol–water partition coefficient (Wildman–Crippen LogP) is 3.09. The van der Waals surface area contributed by atoms with E-state index in [1.54, 1.807) is 35.4 Å². The molecule has 1 saturated heterocycles. The molecule has 1 unspecified atom stereocenters. The second-order valence-electron chi connectivity index (χ2n) is 7.79. The van der Waals surface area contributed by atoms with E-state index >= 15 is 0 Å². The van der Waals surface area contributed by atoms with E-state index < -0.39 is 0 Å². The van der Waals surface area contributed by atoms with Crippen LogP contribution in [0, 0.1) is 5.82 Å². The molecule has 10 nitrogen and oxygen atoms in total. The van der Waals surface area contributed by atoms with Crippen molar-refractivity contribution in [1.82, 2.24) is 24.8 Å². The number of halogens is 1. The number of rotatable bonds is 12. The molecule has 1 amide bonds. The van der Waals surface area contributed by atoms with Crippen molar-refractivity contribution in [2.45, 2.75) is 11.0 Å². The maximum Gasteiger partial charge on any atom is 0.326 e. The van der Waals surface area contributed by atoms with Crippen molar-refractivity contribution in [3.05, 3.63) is 61.6 Å². The quantitative estimate of drug-likeness (QED) is 0.257. The van der Waals surface area contributed by atoms with Gasteiger partial charge in [0.1, 0.15) is 31.7 Å². The van der Waals surface area contributed by atoms with Crippen molar-refractivity contribution in [3.63, 3.8) is 0 Å². The number of thioether (sulfide) groups is 1. The fraction of sp³-hybridized carbons (Fsp3) is 0.320. The first kappa shape index (κ1) is 26.3. The smallest absolute Gasteiger partial charge is 0.326 e. The summed E-state index contributed by atoms with van der Waals surface area (Å²) in [4.78, 5) is 32.0. The SMILES string of the molecule is C=CCOc1nc(OCC=C)nc(OCC2CN(C(=O)CSc3ccnc4ccc(F)cc34)CCO2)n1.